The zero-order valence-corrected chi connectivity index (χ0v) is 16.1. The van der Waals surface area contributed by atoms with E-state index >= 15 is 0 Å². The van der Waals surface area contributed by atoms with Crippen molar-refractivity contribution in [2.24, 2.45) is 0 Å². The molecule has 3 nitrogen and oxygen atoms in total. The van der Waals surface area contributed by atoms with Gasteiger partial charge in [0.15, 0.2) is 0 Å². The Morgan fingerprint density at radius 3 is 2.52 bits per heavy atom. The Balaban J connectivity index is 1.83. The largest absolute Gasteiger partial charge is 0.341 e. The number of aryl methyl sites for hydroxylation is 1. The monoisotopic (exact) mass is 368 g/mol. The predicted octanol–water partition coefficient (Wildman–Crippen LogP) is 5.27. The van der Waals surface area contributed by atoms with Crippen molar-refractivity contribution < 1.29 is 4.79 Å². The standard InChI is InChI=1S/C20H20N2OS2/c1-14-13-16(25-15-9-5-4-6-10-15)18(24-14)19(23)22-20(2,3)17-11-7-8-12-21-17/h4-13H,1-3H3,(H,22,23). The first-order chi connectivity index (χ1) is 12.0. The van der Waals surface area contributed by atoms with E-state index in [4.69, 9.17) is 0 Å². The molecule has 1 amide bonds. The first kappa shape index (κ1) is 17.7. The predicted molar refractivity (Wildman–Crippen MR) is 104 cm³/mol. The van der Waals surface area contributed by atoms with Crippen molar-refractivity contribution in [1.29, 1.82) is 0 Å². The third-order valence-electron chi connectivity index (χ3n) is 3.73. The molecule has 0 bridgehead atoms. The molecule has 2 aromatic heterocycles. The molecule has 0 atom stereocenters. The second-order valence-electron chi connectivity index (χ2n) is 6.26. The van der Waals surface area contributed by atoms with Crippen LogP contribution in [0.4, 0.5) is 0 Å². The van der Waals surface area contributed by atoms with Crippen LogP contribution in [0.1, 0.15) is 34.1 Å². The number of amides is 1. The molecule has 5 heteroatoms. The highest BCUT2D eigenvalue weighted by Gasteiger charge is 2.27. The van der Waals surface area contributed by atoms with Crippen LogP contribution < -0.4 is 5.32 Å². The number of aromatic nitrogens is 1. The third kappa shape index (κ3) is 4.30. The third-order valence-corrected chi connectivity index (χ3v) is 5.96. The van der Waals surface area contributed by atoms with Gasteiger partial charge in [0.05, 0.1) is 11.2 Å². The van der Waals surface area contributed by atoms with Crippen LogP contribution in [0.15, 0.2) is 70.6 Å². The lowest BCUT2D eigenvalue weighted by atomic mass is 10.00. The normalized spacial score (nSPS) is 11.3. The second-order valence-corrected chi connectivity index (χ2v) is 8.63. The van der Waals surface area contributed by atoms with Gasteiger partial charge in [-0.05, 0) is 51.1 Å². The summed E-state index contributed by atoms with van der Waals surface area (Å²) in [5, 5.41) is 3.12. The van der Waals surface area contributed by atoms with Crippen LogP contribution in [0, 0.1) is 6.92 Å². The van der Waals surface area contributed by atoms with Crippen LogP contribution in [-0.4, -0.2) is 10.9 Å². The van der Waals surface area contributed by atoms with Crippen molar-refractivity contribution in [2.45, 2.75) is 36.1 Å². The quantitative estimate of drug-likeness (QED) is 0.667. The fourth-order valence-electron chi connectivity index (χ4n) is 2.48. The first-order valence-corrected chi connectivity index (χ1v) is 9.66. The molecule has 0 saturated carbocycles. The molecule has 3 rings (SSSR count). The zero-order valence-electron chi connectivity index (χ0n) is 14.4. The van der Waals surface area contributed by atoms with Gasteiger partial charge in [-0.1, -0.05) is 36.0 Å². The molecular formula is C20H20N2OS2. The SMILES string of the molecule is Cc1cc(Sc2ccccc2)c(C(=O)NC(C)(C)c2ccccn2)s1. The van der Waals surface area contributed by atoms with Gasteiger partial charge in [0, 0.05) is 20.9 Å². The number of hydrogen-bond acceptors (Lipinski definition) is 4. The van der Waals surface area contributed by atoms with E-state index in [1.54, 1.807) is 18.0 Å². The Hall–Kier alpha value is -2.11. The summed E-state index contributed by atoms with van der Waals surface area (Å²) in [6.07, 6.45) is 1.75. The summed E-state index contributed by atoms with van der Waals surface area (Å²) in [7, 11) is 0. The van der Waals surface area contributed by atoms with Gasteiger partial charge in [0.1, 0.15) is 4.88 Å². The fraction of sp³-hybridized carbons (Fsp3) is 0.200. The molecule has 3 aromatic rings. The number of carbonyl (C=O) groups excluding carboxylic acids is 1. The Labute approximate surface area is 156 Å². The Morgan fingerprint density at radius 1 is 1.12 bits per heavy atom. The van der Waals surface area contributed by atoms with Gasteiger partial charge in [-0.3, -0.25) is 9.78 Å². The molecule has 25 heavy (non-hydrogen) atoms. The second kappa shape index (κ2) is 7.42. The molecule has 0 unspecified atom stereocenters. The zero-order chi connectivity index (χ0) is 17.9. The topological polar surface area (TPSA) is 42.0 Å². The van der Waals surface area contributed by atoms with E-state index in [1.807, 2.05) is 57.2 Å². The van der Waals surface area contributed by atoms with Crippen molar-refractivity contribution in [3.63, 3.8) is 0 Å². The lowest BCUT2D eigenvalue weighted by Crippen LogP contribution is -2.41. The summed E-state index contributed by atoms with van der Waals surface area (Å²) < 4.78 is 0. The van der Waals surface area contributed by atoms with E-state index in [0.717, 1.165) is 25.2 Å². The number of thiophene rings is 1. The number of nitrogens with one attached hydrogen (secondary N) is 1. The molecule has 0 spiro atoms. The van der Waals surface area contributed by atoms with E-state index in [0.29, 0.717) is 0 Å². The van der Waals surface area contributed by atoms with E-state index < -0.39 is 5.54 Å². The Bertz CT molecular complexity index is 858. The average molecular weight is 369 g/mol. The first-order valence-electron chi connectivity index (χ1n) is 8.03. The van der Waals surface area contributed by atoms with Crippen molar-refractivity contribution in [2.75, 3.05) is 0 Å². The maximum atomic E-state index is 12.9. The van der Waals surface area contributed by atoms with E-state index in [1.165, 1.54) is 11.3 Å². The lowest BCUT2D eigenvalue weighted by Gasteiger charge is -2.25. The van der Waals surface area contributed by atoms with Crippen LogP contribution in [0.25, 0.3) is 0 Å². The van der Waals surface area contributed by atoms with Crippen LogP contribution >= 0.6 is 23.1 Å². The number of carbonyl (C=O) groups is 1. The van der Waals surface area contributed by atoms with Gasteiger partial charge in [0.25, 0.3) is 5.91 Å². The minimum atomic E-state index is -0.537. The lowest BCUT2D eigenvalue weighted by molar-refractivity contribution is 0.0912. The van der Waals surface area contributed by atoms with E-state index in [2.05, 4.69) is 28.5 Å². The molecule has 0 fully saturated rings. The summed E-state index contributed by atoms with van der Waals surface area (Å²) in [5.74, 6) is -0.0628. The molecule has 1 N–H and O–H groups in total. The highest BCUT2D eigenvalue weighted by atomic mass is 32.2. The van der Waals surface area contributed by atoms with Gasteiger partial charge in [-0.15, -0.1) is 11.3 Å². The average Bonchev–Trinajstić information content (AvgIpc) is 2.97. The highest BCUT2D eigenvalue weighted by Crippen LogP contribution is 2.36. The van der Waals surface area contributed by atoms with E-state index in [9.17, 15) is 4.79 Å². The molecule has 0 aliphatic heterocycles. The van der Waals surface area contributed by atoms with Crippen LogP contribution in [0.3, 0.4) is 0 Å². The van der Waals surface area contributed by atoms with Gasteiger partial charge < -0.3 is 5.32 Å². The van der Waals surface area contributed by atoms with Crippen molar-refractivity contribution in [1.82, 2.24) is 10.3 Å². The smallest absolute Gasteiger partial charge is 0.263 e. The molecule has 0 saturated heterocycles. The summed E-state index contributed by atoms with van der Waals surface area (Å²) in [5.41, 5.74) is 0.305. The van der Waals surface area contributed by atoms with Crippen molar-refractivity contribution in [3.05, 3.63) is 76.2 Å². The number of hydrogen-bond donors (Lipinski definition) is 1. The van der Waals surface area contributed by atoms with Crippen LogP contribution in [-0.2, 0) is 5.54 Å². The fourth-order valence-corrected chi connectivity index (χ4v) is 4.57. The van der Waals surface area contributed by atoms with E-state index in [-0.39, 0.29) is 5.91 Å². The van der Waals surface area contributed by atoms with Gasteiger partial charge in [0.2, 0.25) is 0 Å². The number of nitrogens with zero attached hydrogens (tertiary/aromatic N) is 1. The Kier molecular flexibility index (Phi) is 5.25. The molecule has 2 heterocycles. The molecular weight excluding hydrogens is 348 g/mol. The van der Waals surface area contributed by atoms with Crippen molar-refractivity contribution in [3.8, 4) is 0 Å². The summed E-state index contributed by atoms with van der Waals surface area (Å²) in [6, 6.07) is 17.9. The Morgan fingerprint density at radius 2 is 1.84 bits per heavy atom. The summed E-state index contributed by atoms with van der Waals surface area (Å²) in [4.78, 5) is 21.3. The number of benzene rings is 1. The summed E-state index contributed by atoms with van der Waals surface area (Å²) in [6.45, 7) is 5.97. The maximum Gasteiger partial charge on any atom is 0.263 e. The molecule has 1 aromatic carbocycles. The van der Waals surface area contributed by atoms with Crippen molar-refractivity contribution >= 4 is 29.0 Å². The molecule has 0 aliphatic rings. The maximum absolute atomic E-state index is 12.9. The number of pyridine rings is 1. The molecule has 0 aliphatic carbocycles. The number of rotatable bonds is 5. The highest BCUT2D eigenvalue weighted by molar-refractivity contribution is 7.99. The van der Waals surface area contributed by atoms with Crippen LogP contribution in [0.5, 0.6) is 0 Å². The minimum absolute atomic E-state index is 0.0628. The molecule has 128 valence electrons. The minimum Gasteiger partial charge on any atom is -0.341 e. The summed E-state index contributed by atoms with van der Waals surface area (Å²) >= 11 is 3.14. The molecule has 0 radical (unpaired) electrons. The van der Waals surface area contributed by atoms with Crippen LogP contribution in [0.2, 0.25) is 0 Å². The van der Waals surface area contributed by atoms with Gasteiger partial charge >= 0.3 is 0 Å². The van der Waals surface area contributed by atoms with Gasteiger partial charge in [-0.2, -0.15) is 0 Å². The van der Waals surface area contributed by atoms with Gasteiger partial charge in [-0.25, -0.2) is 0 Å².